The number of rotatable bonds is 1. The summed E-state index contributed by atoms with van der Waals surface area (Å²) in [5, 5.41) is 0.732. The average molecular weight is 355 g/mol. The summed E-state index contributed by atoms with van der Waals surface area (Å²) in [5.74, 6) is 0. The molecule has 2 aromatic heterocycles. The molecule has 2 heterocycles. The van der Waals surface area contributed by atoms with E-state index in [1.54, 1.807) is 0 Å². The zero-order chi connectivity index (χ0) is 11.8. The average Bonchev–Trinajstić information content (AvgIpc) is 2.68. The van der Waals surface area contributed by atoms with Gasteiger partial charge in [0, 0.05) is 16.8 Å². The maximum atomic E-state index is 6.01. The summed E-state index contributed by atoms with van der Waals surface area (Å²) < 4.78 is 3.16. The number of imidazole rings is 1. The number of hydrogen-bond acceptors (Lipinski definition) is 1. The number of halogens is 2. The highest BCUT2D eigenvalue weighted by molar-refractivity contribution is 14.1. The van der Waals surface area contributed by atoms with Gasteiger partial charge in [-0.25, -0.2) is 4.98 Å². The van der Waals surface area contributed by atoms with Gasteiger partial charge in [0.05, 0.1) is 0 Å². The van der Waals surface area contributed by atoms with Crippen molar-refractivity contribution >= 4 is 39.8 Å². The van der Waals surface area contributed by atoms with Crippen LogP contribution in [0.2, 0.25) is 5.02 Å². The normalized spacial score (nSPS) is 10.9. The van der Waals surface area contributed by atoms with Crippen molar-refractivity contribution in [2.75, 3.05) is 0 Å². The van der Waals surface area contributed by atoms with Crippen LogP contribution >= 0.6 is 34.2 Å². The molecule has 17 heavy (non-hydrogen) atoms. The van der Waals surface area contributed by atoms with Crippen LogP contribution in [0.1, 0.15) is 0 Å². The molecule has 0 fully saturated rings. The Hall–Kier alpha value is -1.07. The van der Waals surface area contributed by atoms with E-state index in [0.717, 1.165) is 25.6 Å². The Morgan fingerprint density at radius 2 is 2.00 bits per heavy atom. The van der Waals surface area contributed by atoms with Crippen LogP contribution in [-0.4, -0.2) is 9.38 Å². The second-order valence-corrected chi connectivity index (χ2v) is 5.15. The van der Waals surface area contributed by atoms with Crippen molar-refractivity contribution in [3.05, 3.63) is 57.4 Å². The largest absolute Gasteiger partial charge is 0.294 e. The third kappa shape index (κ3) is 1.93. The third-order valence-electron chi connectivity index (χ3n) is 2.57. The first kappa shape index (κ1) is 11.0. The zero-order valence-electron chi connectivity index (χ0n) is 8.77. The van der Waals surface area contributed by atoms with Gasteiger partial charge in [-0.3, -0.25) is 4.40 Å². The first-order valence-electron chi connectivity index (χ1n) is 5.14. The molecule has 3 rings (SSSR count). The lowest BCUT2D eigenvalue weighted by Gasteiger charge is -1.98. The molecule has 0 aliphatic heterocycles. The zero-order valence-corrected chi connectivity index (χ0v) is 11.7. The lowest BCUT2D eigenvalue weighted by atomic mass is 10.2. The van der Waals surface area contributed by atoms with Crippen molar-refractivity contribution in [1.29, 1.82) is 0 Å². The van der Waals surface area contributed by atoms with E-state index in [0.29, 0.717) is 0 Å². The van der Waals surface area contributed by atoms with Crippen molar-refractivity contribution in [2.45, 2.75) is 0 Å². The van der Waals surface area contributed by atoms with Crippen molar-refractivity contribution in [2.24, 2.45) is 0 Å². The predicted octanol–water partition coefficient (Wildman–Crippen LogP) is 4.26. The number of pyridine rings is 1. The number of fused-ring (bicyclic) bond motifs is 1. The summed E-state index contributed by atoms with van der Waals surface area (Å²) >= 11 is 8.32. The van der Waals surface area contributed by atoms with Crippen LogP contribution < -0.4 is 0 Å². The lowest BCUT2D eigenvalue weighted by molar-refractivity contribution is 1.15. The van der Waals surface area contributed by atoms with Gasteiger partial charge in [-0.2, -0.15) is 0 Å². The minimum Gasteiger partial charge on any atom is -0.294 e. The molecule has 3 aromatic rings. The van der Waals surface area contributed by atoms with E-state index in [4.69, 9.17) is 11.6 Å². The van der Waals surface area contributed by atoms with Crippen molar-refractivity contribution in [3.8, 4) is 11.3 Å². The monoisotopic (exact) mass is 354 g/mol. The highest BCUT2D eigenvalue weighted by Gasteiger charge is 2.10. The highest BCUT2D eigenvalue weighted by atomic mass is 127. The molecule has 0 bridgehead atoms. The van der Waals surface area contributed by atoms with E-state index in [-0.39, 0.29) is 0 Å². The van der Waals surface area contributed by atoms with Crippen LogP contribution in [0.15, 0.2) is 48.7 Å². The van der Waals surface area contributed by atoms with Gasteiger partial charge in [0.15, 0.2) is 0 Å². The van der Waals surface area contributed by atoms with Gasteiger partial charge >= 0.3 is 0 Å². The molecular formula is C13H8ClIN2. The maximum absolute atomic E-state index is 6.01. The Bertz CT molecular complexity index is 691. The van der Waals surface area contributed by atoms with E-state index in [2.05, 4.69) is 32.0 Å². The molecule has 0 N–H and O–H groups in total. The fourth-order valence-electron chi connectivity index (χ4n) is 1.79. The molecule has 2 nitrogen and oxygen atoms in total. The SMILES string of the molecule is Clc1cccc(-c2nc3ccccn3c2I)c1. The molecule has 84 valence electrons. The molecule has 0 aliphatic rings. The summed E-state index contributed by atoms with van der Waals surface area (Å²) in [7, 11) is 0. The summed E-state index contributed by atoms with van der Waals surface area (Å²) in [5.41, 5.74) is 2.97. The molecule has 0 unspecified atom stereocenters. The van der Waals surface area contributed by atoms with Crippen molar-refractivity contribution < 1.29 is 0 Å². The standard InChI is InChI=1S/C13H8ClIN2/c14-10-5-3-4-9(8-10)12-13(15)17-7-2-1-6-11(17)16-12/h1-8H. The van der Waals surface area contributed by atoms with Gasteiger partial charge in [0.25, 0.3) is 0 Å². The van der Waals surface area contributed by atoms with E-state index < -0.39 is 0 Å². The topological polar surface area (TPSA) is 17.3 Å². The Balaban J connectivity index is 2.27. The Morgan fingerprint density at radius 1 is 1.12 bits per heavy atom. The van der Waals surface area contributed by atoms with Crippen LogP contribution in [0.4, 0.5) is 0 Å². The van der Waals surface area contributed by atoms with Crippen molar-refractivity contribution in [3.63, 3.8) is 0 Å². The second-order valence-electron chi connectivity index (χ2n) is 3.69. The Morgan fingerprint density at radius 3 is 2.76 bits per heavy atom. The van der Waals surface area contributed by atoms with Crippen LogP contribution in [0.25, 0.3) is 16.9 Å². The fourth-order valence-corrected chi connectivity index (χ4v) is 2.82. The summed E-state index contributed by atoms with van der Waals surface area (Å²) in [6, 6.07) is 13.8. The number of aromatic nitrogens is 2. The number of nitrogens with zero attached hydrogens (tertiary/aromatic N) is 2. The summed E-state index contributed by atoms with van der Waals surface area (Å²) in [4.78, 5) is 4.62. The minimum absolute atomic E-state index is 0.732. The molecular weight excluding hydrogens is 347 g/mol. The van der Waals surface area contributed by atoms with E-state index in [1.807, 2.05) is 48.7 Å². The Labute approximate surface area is 117 Å². The highest BCUT2D eigenvalue weighted by Crippen LogP contribution is 2.27. The Kier molecular flexibility index (Phi) is 2.80. The smallest absolute Gasteiger partial charge is 0.138 e. The first-order chi connectivity index (χ1) is 8.25. The molecule has 0 aliphatic carbocycles. The number of benzene rings is 1. The van der Waals surface area contributed by atoms with Gasteiger partial charge in [0.2, 0.25) is 0 Å². The summed E-state index contributed by atoms with van der Waals surface area (Å²) in [6.45, 7) is 0. The third-order valence-corrected chi connectivity index (χ3v) is 3.84. The van der Waals surface area contributed by atoms with E-state index in [1.165, 1.54) is 0 Å². The maximum Gasteiger partial charge on any atom is 0.138 e. The first-order valence-corrected chi connectivity index (χ1v) is 6.60. The molecule has 0 spiro atoms. The van der Waals surface area contributed by atoms with Gasteiger partial charge in [-0.05, 0) is 46.9 Å². The van der Waals surface area contributed by atoms with Gasteiger partial charge in [-0.1, -0.05) is 29.8 Å². The lowest BCUT2D eigenvalue weighted by Crippen LogP contribution is -1.85. The van der Waals surface area contributed by atoms with Gasteiger partial charge in [-0.15, -0.1) is 0 Å². The summed E-state index contributed by atoms with van der Waals surface area (Å²) in [6.07, 6.45) is 2.01. The van der Waals surface area contributed by atoms with Crippen LogP contribution in [0.5, 0.6) is 0 Å². The minimum atomic E-state index is 0.732. The van der Waals surface area contributed by atoms with Gasteiger partial charge < -0.3 is 0 Å². The molecule has 0 amide bonds. The second kappa shape index (κ2) is 4.31. The quantitative estimate of drug-likeness (QED) is 0.597. The predicted molar refractivity (Wildman–Crippen MR) is 78.4 cm³/mol. The van der Waals surface area contributed by atoms with E-state index >= 15 is 0 Å². The molecule has 0 saturated heterocycles. The fraction of sp³-hybridized carbons (Fsp3) is 0. The molecule has 1 aromatic carbocycles. The van der Waals surface area contributed by atoms with Gasteiger partial charge in [0.1, 0.15) is 15.0 Å². The molecule has 0 radical (unpaired) electrons. The number of hydrogen-bond donors (Lipinski definition) is 0. The van der Waals surface area contributed by atoms with Crippen LogP contribution in [-0.2, 0) is 0 Å². The molecule has 0 saturated carbocycles. The van der Waals surface area contributed by atoms with Crippen LogP contribution in [0, 0.1) is 3.70 Å². The van der Waals surface area contributed by atoms with E-state index in [9.17, 15) is 0 Å². The molecule has 0 atom stereocenters. The molecule has 4 heteroatoms. The van der Waals surface area contributed by atoms with Crippen molar-refractivity contribution in [1.82, 2.24) is 9.38 Å². The van der Waals surface area contributed by atoms with Crippen LogP contribution in [0.3, 0.4) is 0 Å².